The van der Waals surface area contributed by atoms with Crippen LogP contribution in [0.4, 0.5) is 5.69 Å². The monoisotopic (exact) mass is 879 g/mol. The van der Waals surface area contributed by atoms with Crippen LogP contribution in [0.3, 0.4) is 0 Å². The highest BCUT2D eigenvalue weighted by Gasteiger charge is 2.42. The van der Waals surface area contributed by atoms with Gasteiger partial charge >= 0.3 is 0 Å². The summed E-state index contributed by atoms with van der Waals surface area (Å²) >= 11 is 0. The van der Waals surface area contributed by atoms with E-state index in [0.29, 0.717) is 0 Å². The number of fused-ring (bicyclic) bond motifs is 8. The Labute approximate surface area is 401 Å². The molecule has 0 N–H and O–H groups in total. The number of hydrogen-bond acceptors (Lipinski definition) is 3. The van der Waals surface area contributed by atoms with Gasteiger partial charge in [0.1, 0.15) is 5.69 Å². The van der Waals surface area contributed by atoms with Crippen molar-refractivity contribution in [1.82, 2.24) is 15.0 Å². The van der Waals surface area contributed by atoms with Crippen LogP contribution in [0.15, 0.2) is 249 Å². The van der Waals surface area contributed by atoms with Crippen LogP contribution in [0.25, 0.3) is 101 Å². The second kappa shape index (κ2) is 16.9. The van der Waals surface area contributed by atoms with Gasteiger partial charge in [0.05, 0.1) is 11.4 Å². The fourth-order valence-corrected chi connectivity index (χ4v) is 10.5. The second-order valence-electron chi connectivity index (χ2n) is 17.8. The van der Waals surface area contributed by atoms with Gasteiger partial charge in [0.2, 0.25) is 11.7 Å². The molecule has 0 radical (unpaired) electrons. The van der Waals surface area contributed by atoms with Crippen LogP contribution in [-0.2, 0) is 0 Å². The fraction of sp³-hybridized carbons (Fsp3) is 0.0154. The molecule has 5 heterocycles. The summed E-state index contributed by atoms with van der Waals surface area (Å²) < 4.78 is 2.43. The van der Waals surface area contributed by atoms with Crippen LogP contribution in [0.5, 0.6) is 0 Å². The molecule has 4 nitrogen and oxygen atoms in total. The largest absolute Gasteiger partial charge is 0.256 e. The molecule has 4 heteroatoms. The highest BCUT2D eigenvalue weighted by atomic mass is 15.1. The van der Waals surface area contributed by atoms with Crippen molar-refractivity contribution in [2.45, 2.75) is 6.04 Å². The van der Waals surface area contributed by atoms with Crippen molar-refractivity contribution in [3.05, 3.63) is 266 Å². The lowest BCUT2D eigenvalue weighted by Gasteiger charge is -2.23. The van der Waals surface area contributed by atoms with Gasteiger partial charge in [-0.05, 0) is 86.5 Å². The minimum atomic E-state index is 0.0889. The van der Waals surface area contributed by atoms with E-state index in [-0.39, 0.29) is 6.04 Å². The quantitative estimate of drug-likeness (QED) is 0.143. The molecule has 322 valence electrons. The van der Waals surface area contributed by atoms with Crippen molar-refractivity contribution in [1.29, 1.82) is 0 Å². The molecule has 1 atom stereocenters. The van der Waals surface area contributed by atoms with Crippen LogP contribution < -0.4 is 0 Å². The molecule has 0 bridgehead atoms. The fourth-order valence-electron chi connectivity index (χ4n) is 10.5. The van der Waals surface area contributed by atoms with Crippen molar-refractivity contribution >= 4 is 11.9 Å². The summed E-state index contributed by atoms with van der Waals surface area (Å²) in [6.07, 6.45) is 8.37. The molecular formula is C65H43N4+. The predicted molar refractivity (Wildman–Crippen MR) is 282 cm³/mol. The Morgan fingerprint density at radius 1 is 0.290 bits per heavy atom. The summed E-state index contributed by atoms with van der Waals surface area (Å²) in [5, 5.41) is 0. The average Bonchev–Trinajstić information content (AvgIpc) is 3.84. The highest BCUT2D eigenvalue weighted by Crippen LogP contribution is 2.50. The smallest absolute Gasteiger partial charge is 0.233 e. The van der Waals surface area contributed by atoms with Gasteiger partial charge in [0.15, 0.2) is 6.21 Å². The van der Waals surface area contributed by atoms with Gasteiger partial charge in [-0.2, -0.15) is 4.58 Å². The first kappa shape index (κ1) is 40.2. The van der Waals surface area contributed by atoms with Gasteiger partial charge < -0.3 is 0 Å². The number of benzene rings is 8. The summed E-state index contributed by atoms with van der Waals surface area (Å²) in [7, 11) is 0. The Morgan fingerprint density at radius 3 is 1.19 bits per heavy atom. The first-order valence-electron chi connectivity index (χ1n) is 23.5. The first-order chi connectivity index (χ1) is 34.2. The molecule has 2 aliphatic heterocycles. The SMILES string of the molecule is C1=[N+]2c3cc(-c4ccccc4-c4cc(-c5ccccc5-c5ccc(-c6ccccc6)nc5)cc(-c5ccccc5-c5ccc(-c6ccccc6)nc5)c4)cnc3-c3ccccc3C2c2ccccc21. The number of pyridine rings is 3. The number of nitrogens with zero attached hydrogens (tertiary/aromatic N) is 4. The van der Waals surface area contributed by atoms with Crippen LogP contribution >= 0.6 is 0 Å². The van der Waals surface area contributed by atoms with Gasteiger partial charge in [0, 0.05) is 74.7 Å². The standard InChI is InChI=1S/C65H43N4/c1-3-17-43(18-4-1)61-33-31-45(39-66-61)52-22-9-11-24-54(52)48-35-49(55-25-12-10-23-53(55)46-32-34-62(67-40-46)44-19-5-2-6-20-44)37-50(36-48)56-26-13-14-27-57(56)51-38-63-64(68-41-51)59-29-15-16-30-60(59)65-58-28-8-7-21-47(58)42-69(63)65/h1-42,65H/q+1. The Hall–Kier alpha value is -9.12. The van der Waals surface area contributed by atoms with Crippen LogP contribution in [0.2, 0.25) is 0 Å². The maximum Gasteiger partial charge on any atom is 0.233 e. The molecule has 0 aliphatic carbocycles. The zero-order valence-electron chi connectivity index (χ0n) is 37.6. The number of rotatable bonds is 8. The number of aromatic nitrogens is 3. The van der Waals surface area contributed by atoms with Gasteiger partial charge in [-0.15, -0.1) is 0 Å². The normalized spacial score (nSPS) is 13.2. The van der Waals surface area contributed by atoms with E-state index in [9.17, 15) is 0 Å². The lowest BCUT2D eigenvalue weighted by atomic mass is 9.86. The molecule has 13 rings (SSSR count). The van der Waals surface area contributed by atoms with Crippen LogP contribution in [0.1, 0.15) is 22.7 Å². The van der Waals surface area contributed by atoms with Crippen molar-refractivity contribution in [3.8, 4) is 101 Å². The van der Waals surface area contributed by atoms with Crippen molar-refractivity contribution in [2.75, 3.05) is 0 Å². The maximum absolute atomic E-state index is 5.29. The van der Waals surface area contributed by atoms with Crippen molar-refractivity contribution in [3.63, 3.8) is 0 Å². The van der Waals surface area contributed by atoms with Crippen molar-refractivity contribution in [2.24, 2.45) is 0 Å². The second-order valence-corrected chi connectivity index (χ2v) is 17.8. The molecule has 2 aliphatic rings. The Balaban J connectivity index is 0.975. The molecule has 3 aromatic heterocycles. The summed E-state index contributed by atoms with van der Waals surface area (Å²) in [6.45, 7) is 0. The summed E-state index contributed by atoms with van der Waals surface area (Å²) in [4.78, 5) is 15.2. The van der Waals surface area contributed by atoms with Gasteiger partial charge in [-0.25, -0.2) is 4.98 Å². The van der Waals surface area contributed by atoms with E-state index < -0.39 is 0 Å². The Kier molecular flexibility index (Phi) is 9.87. The molecule has 0 amide bonds. The van der Waals surface area contributed by atoms with Gasteiger partial charge in [-0.1, -0.05) is 188 Å². The average molecular weight is 880 g/mol. The topological polar surface area (TPSA) is 41.7 Å². The lowest BCUT2D eigenvalue weighted by Crippen LogP contribution is -2.18. The van der Waals surface area contributed by atoms with Crippen molar-refractivity contribution < 1.29 is 4.58 Å². The van der Waals surface area contributed by atoms with Crippen LogP contribution in [-0.4, -0.2) is 25.7 Å². The highest BCUT2D eigenvalue weighted by molar-refractivity contribution is 5.95. The van der Waals surface area contributed by atoms with Crippen LogP contribution in [0, 0.1) is 0 Å². The zero-order valence-corrected chi connectivity index (χ0v) is 37.6. The van der Waals surface area contributed by atoms with Gasteiger partial charge in [-0.3, -0.25) is 9.97 Å². The molecule has 0 saturated carbocycles. The van der Waals surface area contributed by atoms with E-state index in [0.717, 1.165) is 101 Å². The minimum Gasteiger partial charge on any atom is -0.256 e. The third-order valence-electron chi connectivity index (χ3n) is 13.7. The predicted octanol–water partition coefficient (Wildman–Crippen LogP) is 16.1. The molecule has 8 aromatic carbocycles. The zero-order chi connectivity index (χ0) is 45.7. The summed E-state index contributed by atoms with van der Waals surface area (Å²) in [5.74, 6) is 0. The Bertz CT molecular complexity index is 3620. The molecule has 69 heavy (non-hydrogen) atoms. The maximum atomic E-state index is 5.29. The summed E-state index contributed by atoms with van der Waals surface area (Å²) in [6, 6.07) is 82.5. The van der Waals surface area contributed by atoms with E-state index in [2.05, 4.69) is 235 Å². The third kappa shape index (κ3) is 7.18. The van der Waals surface area contributed by atoms with E-state index in [1.807, 2.05) is 24.5 Å². The first-order valence-corrected chi connectivity index (χ1v) is 23.5. The third-order valence-corrected chi connectivity index (χ3v) is 13.7. The van der Waals surface area contributed by atoms with Gasteiger partial charge in [0.25, 0.3) is 0 Å². The molecular weight excluding hydrogens is 837 g/mol. The number of hydrogen-bond donors (Lipinski definition) is 0. The molecule has 11 aromatic rings. The van der Waals surface area contributed by atoms with E-state index in [1.165, 1.54) is 22.3 Å². The van der Waals surface area contributed by atoms with E-state index >= 15 is 0 Å². The summed E-state index contributed by atoms with van der Waals surface area (Å²) in [5.41, 5.74) is 24.5. The Morgan fingerprint density at radius 2 is 0.696 bits per heavy atom. The van der Waals surface area contributed by atoms with E-state index in [1.54, 1.807) is 0 Å². The lowest BCUT2D eigenvalue weighted by molar-refractivity contribution is -0.470. The minimum absolute atomic E-state index is 0.0889. The molecule has 0 saturated heterocycles. The van der Waals surface area contributed by atoms with E-state index in [4.69, 9.17) is 15.0 Å². The molecule has 1 unspecified atom stereocenters. The molecule has 0 fully saturated rings. The molecule has 0 spiro atoms.